The van der Waals surface area contributed by atoms with Crippen molar-refractivity contribution in [3.63, 3.8) is 0 Å². The normalized spacial score (nSPS) is 24.9. The third-order valence-electron chi connectivity index (χ3n) is 4.60. The van der Waals surface area contributed by atoms with Crippen molar-refractivity contribution >= 4 is 11.8 Å². The van der Waals surface area contributed by atoms with Gasteiger partial charge in [0.05, 0.1) is 12.2 Å². The fourth-order valence-electron chi connectivity index (χ4n) is 3.10. The highest BCUT2D eigenvalue weighted by Gasteiger charge is 2.39. The Kier molecular flexibility index (Phi) is 11.3. The molecule has 0 unspecified atom stereocenters. The van der Waals surface area contributed by atoms with Crippen molar-refractivity contribution in [2.75, 3.05) is 0 Å². The van der Waals surface area contributed by atoms with E-state index in [4.69, 9.17) is 5.11 Å². The van der Waals surface area contributed by atoms with Gasteiger partial charge in [-0.05, 0) is 32.1 Å². The molecule has 3 N–H and O–H groups in total. The average molecular weight is 376 g/mol. The van der Waals surface area contributed by atoms with E-state index < -0.39 is 18.2 Å². The highest BCUT2D eigenvalue weighted by atomic mass is 16.4. The lowest BCUT2D eigenvalue weighted by atomic mass is 9.90. The van der Waals surface area contributed by atoms with Gasteiger partial charge in [-0.1, -0.05) is 55.5 Å². The molecule has 0 bridgehead atoms. The Morgan fingerprint density at radius 1 is 1.19 bits per heavy atom. The Morgan fingerprint density at radius 3 is 2.63 bits per heavy atom. The first-order valence-corrected chi connectivity index (χ1v) is 9.69. The molecule has 0 saturated heterocycles. The summed E-state index contributed by atoms with van der Waals surface area (Å²) in [7, 11) is 0. The molecule has 4 atom stereocenters. The molecule has 27 heavy (non-hydrogen) atoms. The van der Waals surface area contributed by atoms with Crippen molar-refractivity contribution in [3.8, 4) is 0 Å². The zero-order chi connectivity index (χ0) is 20.1. The van der Waals surface area contributed by atoms with Gasteiger partial charge in [-0.2, -0.15) is 0 Å². The summed E-state index contributed by atoms with van der Waals surface area (Å²) in [6.45, 7) is 2.08. The van der Waals surface area contributed by atoms with Crippen LogP contribution in [0.1, 0.15) is 51.9 Å². The Balaban J connectivity index is 2.50. The smallest absolute Gasteiger partial charge is 0.303 e. The van der Waals surface area contributed by atoms with Gasteiger partial charge in [0, 0.05) is 24.7 Å². The van der Waals surface area contributed by atoms with E-state index in [2.05, 4.69) is 19.1 Å². The van der Waals surface area contributed by atoms with E-state index in [-0.39, 0.29) is 30.5 Å². The highest BCUT2D eigenvalue weighted by Crippen LogP contribution is 2.33. The van der Waals surface area contributed by atoms with Gasteiger partial charge in [0.15, 0.2) is 0 Å². The number of aliphatic hydroxyl groups excluding tert-OH is 2. The van der Waals surface area contributed by atoms with Crippen LogP contribution in [-0.2, 0) is 9.59 Å². The number of hydrogen-bond donors (Lipinski definition) is 3. The molecular weight excluding hydrogens is 344 g/mol. The van der Waals surface area contributed by atoms with Crippen LogP contribution in [0.25, 0.3) is 0 Å². The summed E-state index contributed by atoms with van der Waals surface area (Å²) in [4.78, 5) is 22.6. The summed E-state index contributed by atoms with van der Waals surface area (Å²) >= 11 is 0. The molecule has 0 aliphatic heterocycles. The number of carbonyl (C=O) groups is 2. The van der Waals surface area contributed by atoms with Gasteiger partial charge in [-0.25, -0.2) is 0 Å². The van der Waals surface area contributed by atoms with E-state index in [0.29, 0.717) is 19.3 Å². The standard InChI is InChI=1S/C22H32O5/c1-2-3-4-5-6-9-12-18-19(21(25)16-20(18)24)15-14-17(23)11-8-7-10-13-22(26)27/h3-4,6-9,14-15,17-20,23-24H,2,5,10-13,16H2,1H3,(H,26,27)/b4-3-,8-7-,9-6-,15-14+/t17-,18-,19-,20-/m0/s1. The predicted molar refractivity (Wildman–Crippen MR) is 106 cm³/mol. The van der Waals surface area contributed by atoms with Crippen LogP contribution in [0, 0.1) is 11.8 Å². The summed E-state index contributed by atoms with van der Waals surface area (Å²) in [5, 5.41) is 28.7. The van der Waals surface area contributed by atoms with Crippen molar-refractivity contribution < 1.29 is 24.9 Å². The molecule has 0 aromatic heterocycles. The van der Waals surface area contributed by atoms with Gasteiger partial charge in [0.1, 0.15) is 5.78 Å². The molecule has 150 valence electrons. The number of carboxylic acid groups (broad SMARTS) is 1. The minimum Gasteiger partial charge on any atom is -0.481 e. The van der Waals surface area contributed by atoms with Gasteiger partial charge >= 0.3 is 5.97 Å². The molecule has 1 aliphatic rings. The number of allylic oxidation sites excluding steroid dienone is 6. The van der Waals surface area contributed by atoms with Gasteiger partial charge in [-0.15, -0.1) is 0 Å². The SMILES string of the molecule is CC/C=C\C/C=C\C[C@H]1[C@H](/C=C/[C@@H](O)C/C=C\CCC(=O)O)C(=O)C[C@@H]1O. The minimum absolute atomic E-state index is 0.00669. The lowest BCUT2D eigenvalue weighted by molar-refractivity contribution is -0.136. The topological polar surface area (TPSA) is 94.8 Å². The van der Waals surface area contributed by atoms with Crippen LogP contribution in [0.4, 0.5) is 0 Å². The number of aliphatic carboxylic acids is 1. The third kappa shape index (κ3) is 9.50. The first-order valence-electron chi connectivity index (χ1n) is 9.69. The van der Waals surface area contributed by atoms with Crippen molar-refractivity contribution in [2.45, 2.75) is 64.1 Å². The van der Waals surface area contributed by atoms with Crippen LogP contribution in [0.2, 0.25) is 0 Å². The molecule has 0 heterocycles. The number of hydrogen-bond acceptors (Lipinski definition) is 4. The molecule has 1 fully saturated rings. The van der Waals surface area contributed by atoms with Crippen molar-refractivity contribution in [3.05, 3.63) is 48.6 Å². The molecule has 1 rings (SSSR count). The van der Waals surface area contributed by atoms with Gasteiger partial charge in [0.2, 0.25) is 0 Å². The number of ketones is 1. The molecule has 5 heteroatoms. The van der Waals surface area contributed by atoms with E-state index in [1.54, 1.807) is 24.3 Å². The van der Waals surface area contributed by atoms with Crippen LogP contribution in [0.3, 0.4) is 0 Å². The van der Waals surface area contributed by atoms with E-state index in [9.17, 15) is 19.8 Å². The minimum atomic E-state index is -0.847. The molecule has 1 aliphatic carbocycles. The lowest BCUT2D eigenvalue weighted by Crippen LogP contribution is -2.19. The Labute approximate surface area is 161 Å². The van der Waals surface area contributed by atoms with E-state index >= 15 is 0 Å². The van der Waals surface area contributed by atoms with Gasteiger partial charge in [0.25, 0.3) is 0 Å². The summed E-state index contributed by atoms with van der Waals surface area (Å²) in [5.41, 5.74) is 0. The maximum Gasteiger partial charge on any atom is 0.303 e. The molecule has 0 aromatic carbocycles. The van der Waals surface area contributed by atoms with E-state index in [1.807, 2.05) is 12.2 Å². The zero-order valence-corrected chi connectivity index (χ0v) is 16.0. The fraction of sp³-hybridized carbons (Fsp3) is 0.545. The summed E-state index contributed by atoms with van der Waals surface area (Å²) in [6, 6.07) is 0. The number of aliphatic hydroxyl groups is 2. The monoisotopic (exact) mass is 376 g/mol. The highest BCUT2D eigenvalue weighted by molar-refractivity contribution is 5.86. The first kappa shape index (κ1) is 23.1. The van der Waals surface area contributed by atoms with Crippen LogP contribution >= 0.6 is 0 Å². The Bertz CT molecular complexity index is 573. The Hall–Kier alpha value is -1.98. The van der Waals surface area contributed by atoms with Crippen molar-refractivity contribution in [1.82, 2.24) is 0 Å². The predicted octanol–water partition coefficient (Wildman–Crippen LogP) is 3.58. The molecular formula is C22H32O5. The molecule has 5 nitrogen and oxygen atoms in total. The summed E-state index contributed by atoms with van der Waals surface area (Å²) in [6.07, 6.45) is 17.2. The maximum absolute atomic E-state index is 12.1. The summed E-state index contributed by atoms with van der Waals surface area (Å²) < 4.78 is 0. The zero-order valence-electron chi connectivity index (χ0n) is 16.0. The summed E-state index contributed by atoms with van der Waals surface area (Å²) in [5.74, 6) is -1.37. The quantitative estimate of drug-likeness (QED) is 0.453. The van der Waals surface area contributed by atoms with Gasteiger partial charge in [-0.3, -0.25) is 9.59 Å². The second-order valence-corrected chi connectivity index (χ2v) is 6.84. The molecule has 0 aromatic rings. The van der Waals surface area contributed by atoms with Crippen LogP contribution < -0.4 is 0 Å². The average Bonchev–Trinajstić information content (AvgIpc) is 2.88. The number of carbonyl (C=O) groups excluding carboxylic acids is 1. The van der Waals surface area contributed by atoms with E-state index in [0.717, 1.165) is 12.8 Å². The molecule has 0 amide bonds. The number of rotatable bonds is 12. The molecule has 0 radical (unpaired) electrons. The number of carboxylic acids is 1. The van der Waals surface area contributed by atoms with Crippen LogP contribution in [-0.4, -0.2) is 39.3 Å². The maximum atomic E-state index is 12.1. The van der Waals surface area contributed by atoms with Gasteiger partial charge < -0.3 is 15.3 Å². The second-order valence-electron chi connectivity index (χ2n) is 6.84. The van der Waals surface area contributed by atoms with Crippen LogP contribution in [0.15, 0.2) is 48.6 Å². The lowest BCUT2D eigenvalue weighted by Gasteiger charge is -2.16. The van der Waals surface area contributed by atoms with Crippen LogP contribution in [0.5, 0.6) is 0 Å². The molecule has 1 saturated carbocycles. The number of Topliss-reactive ketones (excluding diaryl/α,β-unsaturated/α-hetero) is 1. The van der Waals surface area contributed by atoms with Crippen molar-refractivity contribution in [1.29, 1.82) is 0 Å². The fourth-order valence-corrected chi connectivity index (χ4v) is 3.10. The first-order chi connectivity index (χ1) is 13.0. The second kappa shape index (κ2) is 13.2. The Morgan fingerprint density at radius 2 is 1.93 bits per heavy atom. The molecule has 0 spiro atoms. The largest absolute Gasteiger partial charge is 0.481 e. The third-order valence-corrected chi connectivity index (χ3v) is 4.60. The van der Waals surface area contributed by atoms with Crippen molar-refractivity contribution in [2.24, 2.45) is 11.8 Å². The van der Waals surface area contributed by atoms with E-state index in [1.165, 1.54) is 0 Å².